The van der Waals surface area contributed by atoms with Crippen LogP contribution in [0.5, 0.6) is 0 Å². The average Bonchev–Trinajstić information content (AvgIpc) is 1.50. The number of carbonyl (C=O) groups is 4. The molecule has 32 heteroatoms. The van der Waals surface area contributed by atoms with E-state index in [2.05, 4.69) is 83.1 Å². The molecular formula is C75H98F6IN19O4S2. The van der Waals surface area contributed by atoms with Crippen LogP contribution in [0.15, 0.2) is 86.6 Å². The first-order valence-electron chi connectivity index (χ1n) is 36.8. The zero-order chi connectivity index (χ0) is 77.1. The highest BCUT2D eigenvalue weighted by Crippen LogP contribution is 2.55. The summed E-state index contributed by atoms with van der Waals surface area (Å²) in [6.45, 7) is 13.6. The van der Waals surface area contributed by atoms with E-state index in [4.69, 9.17) is 51.6 Å². The highest BCUT2D eigenvalue weighted by Gasteiger charge is 2.48. The summed E-state index contributed by atoms with van der Waals surface area (Å²) < 4.78 is 80.6. The summed E-state index contributed by atoms with van der Waals surface area (Å²) in [6, 6.07) is 13.5. The van der Waals surface area contributed by atoms with Gasteiger partial charge in [-0.15, -0.1) is 0 Å². The van der Waals surface area contributed by atoms with Gasteiger partial charge in [-0.1, -0.05) is 89.2 Å². The number of nitrogens with two attached hydrogens (primary N) is 9. The Morgan fingerprint density at radius 3 is 1.07 bits per heavy atom. The van der Waals surface area contributed by atoms with E-state index in [9.17, 15) is 45.5 Å². The number of hydrogen-bond acceptors (Lipinski definition) is 21. The molecule has 14 rings (SSSR count). The van der Waals surface area contributed by atoms with Crippen molar-refractivity contribution in [1.29, 1.82) is 0 Å². The van der Waals surface area contributed by atoms with Crippen LogP contribution in [0.25, 0.3) is 0 Å². The summed E-state index contributed by atoms with van der Waals surface area (Å²) in [6.07, 6.45) is 16.4. The lowest BCUT2D eigenvalue weighted by Gasteiger charge is -2.43. The third-order valence-electron chi connectivity index (χ3n) is 24.7. The molecule has 8 fully saturated rings. The van der Waals surface area contributed by atoms with Crippen LogP contribution < -0.4 is 71.2 Å². The third kappa shape index (κ3) is 17.6. The molecule has 0 unspecified atom stereocenters. The number of aromatic nitrogens is 6. The third-order valence-corrected chi connectivity index (χ3v) is 27.8. The molecule has 8 aliphatic rings. The Kier molecular flexibility index (Phi) is 24.5. The Hall–Kier alpha value is -7.85. The zero-order valence-corrected chi connectivity index (χ0v) is 64.5. The number of amides is 4. The molecule has 4 saturated heterocycles. The Morgan fingerprint density at radius 1 is 0.430 bits per heavy atom. The molecule has 4 aliphatic carbocycles. The molecule has 4 saturated carbocycles. The second kappa shape index (κ2) is 32.8. The average molecular weight is 1630 g/mol. The fourth-order valence-corrected chi connectivity index (χ4v) is 20.4. The molecular weight excluding hydrogens is 1540 g/mol. The van der Waals surface area contributed by atoms with Gasteiger partial charge in [0.1, 0.15) is 46.5 Å². The normalized spacial score (nSPS) is 22.0. The van der Waals surface area contributed by atoms with Crippen LogP contribution in [0, 0.1) is 43.0 Å². The van der Waals surface area contributed by atoms with E-state index < -0.39 is 47.4 Å². The van der Waals surface area contributed by atoms with Crippen molar-refractivity contribution in [2.45, 2.75) is 187 Å². The summed E-state index contributed by atoms with van der Waals surface area (Å²) in [7, 11) is 0. The molecule has 4 atom stereocenters. The van der Waals surface area contributed by atoms with E-state index in [1.54, 1.807) is 18.2 Å². The highest BCUT2D eigenvalue weighted by atomic mass is 127. The van der Waals surface area contributed by atoms with Crippen molar-refractivity contribution < 1.29 is 45.5 Å². The topological polar surface area (TPSA) is 393 Å². The number of anilines is 8. The lowest BCUT2D eigenvalue weighted by Crippen LogP contribution is -2.47. The zero-order valence-electron chi connectivity index (χ0n) is 60.7. The number of rotatable bonds is 12. The monoisotopic (exact) mass is 1630 g/mol. The van der Waals surface area contributed by atoms with Crippen molar-refractivity contribution in [3.05, 3.63) is 104 Å². The second-order valence-electron chi connectivity index (χ2n) is 30.5. The standard InChI is InChI=1S/C22H26F3N5OS.C21H25F3N6OS.C16H23IN4O.C16H24N4O/c1-13-4-2-6-21(13)7-10-30(11-8-21)20-14(19(27)31)12-16(18(26)29-20)32-15-5-3-9-28-17(15)22(23,24)25;22-21(23,24)16-13(3-2-8-28-16)32-14-11-12(18(27)31)19(29-17(14)26)30-9-6-20(7-10-30)5-1-4-15(20)25;1-10-3-2-4-16(10)5-7-21(8-6-16)15-11(14(19)22)9-12(17)13(18)20-15;1-11-3-2-6-16(11)7-9-20(10-8-16)15-12(14(18)21)4-5-13(17)19-15/h3,5,9,12-13H,2,4,6-8,10-11H2,1H3,(H2,26,29)(H2,27,31);2-3,8,11,15H,1,4-7,9-10,25H2,(H2,26,29)(H2,27,31);9-10H,2-8H2,1H3,(H2,18,20)(H2,19,22);4-5,11H,2-3,6-10H2,1H3,(H2,17,19)(H2,18,21)/t13-;15-;10-;11-/m1111/s1. The summed E-state index contributed by atoms with van der Waals surface area (Å²) in [5.41, 5.74) is 53.2. The summed E-state index contributed by atoms with van der Waals surface area (Å²) in [5.74, 6) is 3.09. The van der Waals surface area contributed by atoms with E-state index in [-0.39, 0.29) is 53.8 Å². The molecule has 6 aromatic heterocycles. The molecule has 10 heterocycles. The molecule has 578 valence electrons. The van der Waals surface area contributed by atoms with E-state index >= 15 is 0 Å². The largest absolute Gasteiger partial charge is 0.434 e. The predicted molar refractivity (Wildman–Crippen MR) is 415 cm³/mol. The van der Waals surface area contributed by atoms with Crippen molar-refractivity contribution in [2.24, 2.45) is 68.1 Å². The second-order valence-corrected chi connectivity index (χ2v) is 33.8. The first kappa shape index (κ1) is 80.2. The van der Waals surface area contributed by atoms with E-state index in [0.717, 1.165) is 136 Å². The Labute approximate surface area is 642 Å². The minimum Gasteiger partial charge on any atom is -0.384 e. The number of alkyl halides is 6. The molecule has 4 aliphatic heterocycles. The smallest absolute Gasteiger partial charge is 0.384 e. The van der Waals surface area contributed by atoms with Crippen LogP contribution in [0.4, 0.5) is 72.9 Å². The SMILES string of the molecule is C[C@@H]1CCCC12CCN(c1nc(N)c(I)cc1C(N)=O)CC2.C[C@@H]1CCCC12CCN(c1nc(N)c(Sc3cccnc3C(F)(F)F)cc1C(N)=O)CC2.C[C@@H]1CCCC12CCN(c1nc(N)ccc1C(N)=O)CC2.NC(=O)c1cc(Sc2cccnc2C(F)(F)F)c(N)nc1N1CCC2(CCC[C@H]2N)CC1. The van der Waals surface area contributed by atoms with Crippen LogP contribution in [-0.4, -0.2) is 112 Å². The fraction of sp³-hybridized carbons (Fsp3) is 0.547. The first-order chi connectivity index (χ1) is 50.7. The first-order valence-corrected chi connectivity index (χ1v) is 39.6. The number of halogens is 7. The number of pyridine rings is 6. The lowest BCUT2D eigenvalue weighted by atomic mass is 9.71. The molecule has 4 spiro atoms. The predicted octanol–water partition coefficient (Wildman–Crippen LogP) is 13.1. The van der Waals surface area contributed by atoms with Gasteiger partial charge in [0.05, 0.1) is 35.6 Å². The van der Waals surface area contributed by atoms with Crippen LogP contribution in [-0.2, 0) is 12.4 Å². The van der Waals surface area contributed by atoms with Gasteiger partial charge in [0.25, 0.3) is 23.6 Å². The van der Waals surface area contributed by atoms with E-state index in [1.807, 2.05) is 9.80 Å². The maximum absolute atomic E-state index is 13.3. The molecule has 0 bridgehead atoms. The van der Waals surface area contributed by atoms with Crippen LogP contribution in [0.3, 0.4) is 0 Å². The lowest BCUT2D eigenvalue weighted by molar-refractivity contribution is -0.144. The van der Waals surface area contributed by atoms with Crippen molar-refractivity contribution in [1.82, 2.24) is 29.9 Å². The van der Waals surface area contributed by atoms with Crippen LogP contribution in [0.1, 0.15) is 202 Å². The summed E-state index contributed by atoms with van der Waals surface area (Å²) >= 11 is 3.62. The minimum atomic E-state index is -4.62. The van der Waals surface area contributed by atoms with Crippen molar-refractivity contribution in [3.8, 4) is 0 Å². The van der Waals surface area contributed by atoms with Gasteiger partial charge in [-0.25, -0.2) is 19.9 Å². The maximum atomic E-state index is 13.3. The van der Waals surface area contributed by atoms with Gasteiger partial charge in [0, 0.05) is 80.6 Å². The minimum absolute atomic E-state index is 0.0323. The van der Waals surface area contributed by atoms with Gasteiger partial charge in [-0.05, 0) is 200 Å². The van der Waals surface area contributed by atoms with Gasteiger partial charge < -0.3 is 71.2 Å². The Bertz CT molecular complexity index is 4080. The van der Waals surface area contributed by atoms with Gasteiger partial charge in [0.2, 0.25) is 0 Å². The quantitative estimate of drug-likeness (QED) is 0.0406. The van der Waals surface area contributed by atoms with Crippen molar-refractivity contribution in [2.75, 3.05) is 94.9 Å². The van der Waals surface area contributed by atoms with Gasteiger partial charge in [-0.2, -0.15) is 26.3 Å². The molecule has 6 aromatic rings. The number of carbonyl (C=O) groups excluding carboxylic acids is 4. The van der Waals surface area contributed by atoms with E-state index in [1.165, 1.54) is 120 Å². The number of nitrogens with zero attached hydrogens (tertiary/aromatic N) is 10. The van der Waals surface area contributed by atoms with Crippen LogP contribution in [0.2, 0.25) is 0 Å². The molecule has 23 nitrogen and oxygen atoms in total. The number of nitrogen functional groups attached to an aromatic ring is 4. The molecule has 0 radical (unpaired) electrons. The number of piperidine rings is 4. The van der Waals surface area contributed by atoms with Gasteiger partial charge in [0.15, 0.2) is 11.4 Å². The molecule has 107 heavy (non-hydrogen) atoms. The Morgan fingerprint density at radius 2 is 0.748 bits per heavy atom. The summed E-state index contributed by atoms with van der Waals surface area (Å²) in [4.78, 5) is 80.8. The van der Waals surface area contributed by atoms with E-state index in [0.29, 0.717) is 81.3 Å². The molecule has 18 N–H and O–H groups in total. The van der Waals surface area contributed by atoms with Crippen molar-refractivity contribution in [3.63, 3.8) is 0 Å². The Balaban J connectivity index is 0.000000145. The van der Waals surface area contributed by atoms with Crippen molar-refractivity contribution >= 4 is 116 Å². The maximum Gasteiger partial charge on any atom is 0.434 e. The highest BCUT2D eigenvalue weighted by molar-refractivity contribution is 14.1. The molecule has 0 aromatic carbocycles. The summed E-state index contributed by atoms with van der Waals surface area (Å²) in [5, 5.41) is 0. The number of primary amides is 4. The number of hydrogen-bond donors (Lipinski definition) is 9. The van der Waals surface area contributed by atoms with Gasteiger partial charge in [-0.3, -0.25) is 29.1 Å². The van der Waals surface area contributed by atoms with Gasteiger partial charge >= 0.3 is 12.4 Å². The molecule has 4 amide bonds. The fourth-order valence-electron chi connectivity index (χ4n) is 18.0. The van der Waals surface area contributed by atoms with Crippen LogP contribution >= 0.6 is 46.1 Å².